The fourth-order valence-electron chi connectivity index (χ4n) is 12.0. The SMILES string of the molecule is c1ccc(N(c2ccccc2)c2cc3ccccc3c3c2C2(c4ccccc4-c4c(N(c5ccccc5)c5cccc6c7ccccc7n(-c7ccccc7)c56)cccc42)c2ccccc2-3)cc1. The van der Waals surface area contributed by atoms with Crippen molar-refractivity contribution in [1.29, 1.82) is 0 Å². The summed E-state index contributed by atoms with van der Waals surface area (Å²) in [7, 11) is 0. The fraction of sp³-hybridized carbons (Fsp3) is 0.0154. The molecule has 2 aliphatic rings. The van der Waals surface area contributed by atoms with Gasteiger partial charge < -0.3 is 14.4 Å². The van der Waals surface area contributed by atoms with Crippen molar-refractivity contribution in [3.8, 4) is 27.9 Å². The molecule has 0 N–H and O–H groups in total. The van der Waals surface area contributed by atoms with Gasteiger partial charge in [0.25, 0.3) is 0 Å². The molecule has 0 radical (unpaired) electrons. The number of nitrogens with zero attached hydrogens (tertiary/aromatic N) is 3. The highest BCUT2D eigenvalue weighted by Gasteiger charge is 2.54. The summed E-state index contributed by atoms with van der Waals surface area (Å²) in [5.41, 5.74) is 19.7. The molecule has 1 heterocycles. The van der Waals surface area contributed by atoms with Gasteiger partial charge in [0.1, 0.15) is 0 Å². The van der Waals surface area contributed by atoms with Crippen LogP contribution in [0.1, 0.15) is 22.3 Å². The molecule has 0 aliphatic heterocycles. The normalized spacial score (nSPS) is 14.2. The zero-order valence-corrected chi connectivity index (χ0v) is 37.2. The smallest absolute Gasteiger partial charge is 0.0782 e. The molecule has 12 aromatic rings. The molecule has 2 aliphatic carbocycles. The van der Waals surface area contributed by atoms with E-state index in [4.69, 9.17) is 0 Å². The highest BCUT2D eigenvalue weighted by Crippen LogP contribution is 2.68. The first kappa shape index (κ1) is 38.4. The Morgan fingerprint density at radius 1 is 0.324 bits per heavy atom. The largest absolute Gasteiger partial charge is 0.310 e. The number of para-hydroxylation sites is 6. The summed E-state index contributed by atoms with van der Waals surface area (Å²) in [6, 6.07) is 96.2. The van der Waals surface area contributed by atoms with E-state index < -0.39 is 5.41 Å². The van der Waals surface area contributed by atoms with E-state index in [1.165, 1.54) is 71.6 Å². The Bertz CT molecular complexity index is 3870. The third kappa shape index (κ3) is 5.36. The minimum Gasteiger partial charge on any atom is -0.310 e. The van der Waals surface area contributed by atoms with Gasteiger partial charge in [-0.25, -0.2) is 0 Å². The summed E-state index contributed by atoms with van der Waals surface area (Å²) in [5, 5.41) is 4.90. The van der Waals surface area contributed by atoms with Gasteiger partial charge in [0.2, 0.25) is 0 Å². The Morgan fingerprint density at radius 3 is 1.49 bits per heavy atom. The topological polar surface area (TPSA) is 11.4 Å². The van der Waals surface area contributed by atoms with Gasteiger partial charge in [-0.3, -0.25) is 0 Å². The second kappa shape index (κ2) is 15.1. The van der Waals surface area contributed by atoms with Crippen LogP contribution in [0.3, 0.4) is 0 Å². The van der Waals surface area contributed by atoms with Crippen molar-refractivity contribution >= 4 is 66.7 Å². The molecule has 1 aromatic heterocycles. The first-order valence-corrected chi connectivity index (χ1v) is 23.5. The number of fused-ring (bicyclic) bond motifs is 15. The van der Waals surface area contributed by atoms with Gasteiger partial charge in [-0.1, -0.05) is 188 Å². The molecular formula is C65H43N3. The van der Waals surface area contributed by atoms with E-state index in [1.807, 2.05) is 0 Å². The minimum absolute atomic E-state index is 0.678. The summed E-state index contributed by atoms with van der Waals surface area (Å²) in [6.45, 7) is 0. The van der Waals surface area contributed by atoms with Crippen LogP contribution in [0.25, 0.3) is 60.5 Å². The maximum Gasteiger partial charge on any atom is 0.0782 e. The van der Waals surface area contributed by atoms with Crippen LogP contribution in [0.2, 0.25) is 0 Å². The molecule has 3 heteroatoms. The lowest BCUT2D eigenvalue weighted by Crippen LogP contribution is -2.28. The zero-order valence-electron chi connectivity index (χ0n) is 37.2. The van der Waals surface area contributed by atoms with Crippen LogP contribution in [0.4, 0.5) is 34.1 Å². The van der Waals surface area contributed by atoms with Crippen LogP contribution in [-0.2, 0) is 5.41 Å². The first-order valence-electron chi connectivity index (χ1n) is 23.5. The van der Waals surface area contributed by atoms with Gasteiger partial charge in [-0.15, -0.1) is 0 Å². The second-order valence-electron chi connectivity index (χ2n) is 17.9. The first-order chi connectivity index (χ1) is 33.8. The molecule has 68 heavy (non-hydrogen) atoms. The average Bonchev–Trinajstić information content (AvgIpc) is 4.03. The number of anilines is 6. The standard InChI is InChI=1S/C65H43N3/c1-5-24-45(25-6-1)66(46-26-7-2-8-27-46)60-43-44-23-13-14-32-49(44)61-52-34-15-18-37-54(52)65(63(60)61)55-38-19-16-35-53(55)62-56(65)39-22-41-58(62)67(47-28-9-3-10-29-47)59-42-21-36-51-50-33-17-20-40-57(50)68(64(51)59)48-30-11-4-12-31-48/h1-43H. The van der Waals surface area contributed by atoms with Crippen molar-refractivity contribution in [2.24, 2.45) is 0 Å². The molecule has 0 saturated carbocycles. The summed E-state index contributed by atoms with van der Waals surface area (Å²) in [4.78, 5) is 5.02. The Hall–Kier alpha value is -8.92. The van der Waals surface area contributed by atoms with E-state index in [9.17, 15) is 0 Å². The number of hydrogen-bond acceptors (Lipinski definition) is 2. The molecule has 0 saturated heterocycles. The quantitative estimate of drug-likeness (QED) is 0.158. The number of benzene rings is 11. The van der Waals surface area contributed by atoms with Crippen molar-refractivity contribution in [2.75, 3.05) is 9.80 Å². The zero-order chi connectivity index (χ0) is 44.8. The van der Waals surface area contributed by atoms with Crippen LogP contribution in [-0.4, -0.2) is 4.57 Å². The number of hydrogen-bond donors (Lipinski definition) is 0. The van der Waals surface area contributed by atoms with Gasteiger partial charge in [0.05, 0.1) is 33.5 Å². The molecule has 3 nitrogen and oxygen atoms in total. The van der Waals surface area contributed by atoms with Gasteiger partial charge in [0, 0.05) is 44.6 Å². The van der Waals surface area contributed by atoms with Crippen molar-refractivity contribution in [3.05, 3.63) is 283 Å². The van der Waals surface area contributed by atoms with Crippen LogP contribution in [0, 0.1) is 0 Å². The molecule has 0 amide bonds. The van der Waals surface area contributed by atoms with Gasteiger partial charge in [0.15, 0.2) is 0 Å². The summed E-state index contributed by atoms with van der Waals surface area (Å²) < 4.78 is 2.46. The number of aromatic nitrogens is 1. The molecule has 0 fully saturated rings. The summed E-state index contributed by atoms with van der Waals surface area (Å²) >= 11 is 0. The van der Waals surface area contributed by atoms with Crippen molar-refractivity contribution < 1.29 is 0 Å². The average molecular weight is 866 g/mol. The van der Waals surface area contributed by atoms with Gasteiger partial charge >= 0.3 is 0 Å². The van der Waals surface area contributed by atoms with E-state index in [-0.39, 0.29) is 0 Å². The van der Waals surface area contributed by atoms with E-state index in [0.29, 0.717) is 0 Å². The predicted molar refractivity (Wildman–Crippen MR) is 284 cm³/mol. The van der Waals surface area contributed by atoms with Crippen LogP contribution < -0.4 is 9.80 Å². The molecule has 318 valence electrons. The summed E-state index contributed by atoms with van der Waals surface area (Å²) in [5.74, 6) is 0. The molecular weight excluding hydrogens is 823 g/mol. The second-order valence-corrected chi connectivity index (χ2v) is 17.9. The summed E-state index contributed by atoms with van der Waals surface area (Å²) in [6.07, 6.45) is 0. The third-order valence-corrected chi connectivity index (χ3v) is 14.5. The van der Waals surface area contributed by atoms with Crippen LogP contribution in [0.15, 0.2) is 261 Å². The van der Waals surface area contributed by atoms with Crippen molar-refractivity contribution in [2.45, 2.75) is 5.41 Å². The molecule has 0 bridgehead atoms. The Kier molecular flexibility index (Phi) is 8.50. The molecule has 1 spiro atoms. The lowest BCUT2D eigenvalue weighted by molar-refractivity contribution is 0.793. The van der Waals surface area contributed by atoms with Gasteiger partial charge in [-0.05, 0) is 117 Å². The number of rotatable bonds is 7. The molecule has 14 rings (SSSR count). The Labute approximate surface area is 395 Å². The maximum absolute atomic E-state index is 2.53. The van der Waals surface area contributed by atoms with E-state index in [0.717, 1.165) is 45.3 Å². The minimum atomic E-state index is -0.678. The van der Waals surface area contributed by atoms with E-state index >= 15 is 0 Å². The maximum atomic E-state index is 2.53. The Morgan fingerprint density at radius 2 is 0.809 bits per heavy atom. The molecule has 1 unspecified atom stereocenters. The van der Waals surface area contributed by atoms with Crippen molar-refractivity contribution in [1.82, 2.24) is 4.57 Å². The lowest BCUT2D eigenvalue weighted by Gasteiger charge is -2.36. The lowest BCUT2D eigenvalue weighted by atomic mass is 9.69. The third-order valence-electron chi connectivity index (χ3n) is 14.5. The monoisotopic (exact) mass is 865 g/mol. The highest BCUT2D eigenvalue weighted by atomic mass is 15.2. The predicted octanol–water partition coefficient (Wildman–Crippen LogP) is 17.2. The Balaban J connectivity index is 1.13. The van der Waals surface area contributed by atoms with E-state index in [2.05, 4.69) is 275 Å². The molecule has 1 atom stereocenters. The van der Waals surface area contributed by atoms with E-state index in [1.54, 1.807) is 0 Å². The highest BCUT2D eigenvalue weighted by molar-refractivity contribution is 6.16. The van der Waals surface area contributed by atoms with Gasteiger partial charge in [-0.2, -0.15) is 0 Å². The molecule has 11 aromatic carbocycles. The fourth-order valence-corrected chi connectivity index (χ4v) is 12.0. The van der Waals surface area contributed by atoms with Crippen LogP contribution >= 0.6 is 0 Å². The van der Waals surface area contributed by atoms with Crippen molar-refractivity contribution in [3.63, 3.8) is 0 Å². The van der Waals surface area contributed by atoms with Crippen LogP contribution in [0.5, 0.6) is 0 Å².